The van der Waals surface area contributed by atoms with E-state index in [-0.39, 0.29) is 24.7 Å². The van der Waals surface area contributed by atoms with Crippen molar-refractivity contribution < 1.29 is 28.6 Å². The molecule has 0 saturated heterocycles. The lowest BCUT2D eigenvalue weighted by atomic mass is 9.84. The van der Waals surface area contributed by atoms with Gasteiger partial charge < -0.3 is 21.3 Å². The first-order chi connectivity index (χ1) is 20.1. The third kappa shape index (κ3) is 7.91. The van der Waals surface area contributed by atoms with Crippen LogP contribution in [0.15, 0.2) is 36.4 Å². The summed E-state index contributed by atoms with van der Waals surface area (Å²) in [5.41, 5.74) is 4.59. The Morgan fingerprint density at radius 2 is 1.56 bits per heavy atom. The van der Waals surface area contributed by atoms with Crippen molar-refractivity contribution in [1.82, 2.24) is 15.5 Å². The van der Waals surface area contributed by atoms with Gasteiger partial charge in [0.15, 0.2) is 0 Å². The van der Waals surface area contributed by atoms with E-state index in [4.69, 9.17) is 5.73 Å². The second-order valence-electron chi connectivity index (χ2n) is 13.0. The lowest BCUT2D eigenvalue weighted by Gasteiger charge is -2.36. The predicted molar refractivity (Wildman–Crippen MR) is 169 cm³/mol. The van der Waals surface area contributed by atoms with Crippen molar-refractivity contribution in [3.8, 4) is 0 Å². The lowest BCUT2D eigenvalue weighted by Crippen LogP contribution is -2.55. The molecule has 0 aromatic heterocycles. The molecule has 5 N–H and O–H groups in total. The Morgan fingerprint density at radius 1 is 0.977 bits per heavy atom. The molecular formula is C32H47N4O6P. The summed E-state index contributed by atoms with van der Waals surface area (Å²) in [6, 6.07) is 9.40. The molecule has 236 valence electrons. The highest BCUT2D eigenvalue weighted by molar-refractivity contribution is 7.58. The van der Waals surface area contributed by atoms with E-state index < -0.39 is 54.4 Å². The first-order valence-corrected chi connectivity index (χ1v) is 17.0. The number of nitrogens with zero attached hydrogens (tertiary/aromatic N) is 1. The number of unbranched alkanes of at least 4 members (excludes halogenated alkanes) is 2. The molecule has 4 atom stereocenters. The van der Waals surface area contributed by atoms with Crippen molar-refractivity contribution in [2.45, 2.75) is 78.4 Å². The number of carbonyl (C=O) groups excluding carboxylic acids is 4. The number of hydrogen-bond donors (Lipinski definition) is 4. The number of benzene rings is 2. The number of hydrogen-bond acceptors (Lipinski definition) is 6. The maximum atomic E-state index is 14.4. The van der Waals surface area contributed by atoms with Crippen LogP contribution in [0, 0.1) is 17.3 Å². The number of imide groups is 1. The molecular weight excluding hydrogens is 567 g/mol. The SMILES string of the molecule is CNC(=O)[C@@H](NC(=O)C(CC(C)C)C(CCCCCN)P(=O)(O)CN1C(=O)c2cccc3cccc(c23)C1=O)C(C)(C)C. The molecule has 0 fully saturated rings. The van der Waals surface area contributed by atoms with Crippen molar-refractivity contribution in [3.63, 3.8) is 0 Å². The average molecular weight is 615 g/mol. The van der Waals surface area contributed by atoms with Gasteiger partial charge in [-0.2, -0.15) is 0 Å². The maximum absolute atomic E-state index is 14.4. The predicted octanol–water partition coefficient (Wildman–Crippen LogP) is 4.49. The van der Waals surface area contributed by atoms with E-state index >= 15 is 0 Å². The Labute approximate surface area is 254 Å². The first kappa shape index (κ1) is 34.4. The van der Waals surface area contributed by atoms with E-state index in [2.05, 4.69) is 10.6 Å². The summed E-state index contributed by atoms with van der Waals surface area (Å²) in [6.45, 7) is 9.80. The smallest absolute Gasteiger partial charge is 0.261 e. The van der Waals surface area contributed by atoms with Gasteiger partial charge in [0.2, 0.25) is 19.2 Å². The number of rotatable bonds is 14. The zero-order chi connectivity index (χ0) is 32.1. The third-order valence-electron chi connectivity index (χ3n) is 8.11. The molecule has 0 radical (unpaired) electrons. The summed E-state index contributed by atoms with van der Waals surface area (Å²) < 4.78 is 14.4. The molecule has 0 saturated carbocycles. The standard InChI is InChI=1S/C32H47N4O6P/c1-20(2)18-24(28(37)35-27(29(38)34-6)32(3,4)5)25(16-8-7-9-17-33)43(41,42)19-36-30(39)22-14-10-12-21-13-11-15-23(26(21)22)31(36)40/h10-15,20,24-25,27H,7-9,16-19,33H2,1-6H3,(H,34,38)(H,35,37)(H,41,42)/t24?,25?,27-/m1/s1. The zero-order valence-corrected chi connectivity index (χ0v) is 27.1. The van der Waals surface area contributed by atoms with Crippen molar-refractivity contribution in [3.05, 3.63) is 47.5 Å². The Morgan fingerprint density at radius 3 is 2.05 bits per heavy atom. The minimum Gasteiger partial charge on any atom is -0.357 e. The minimum atomic E-state index is -4.37. The summed E-state index contributed by atoms with van der Waals surface area (Å²) in [7, 11) is -2.88. The van der Waals surface area contributed by atoms with Crippen LogP contribution in [0.3, 0.4) is 0 Å². The van der Waals surface area contributed by atoms with Gasteiger partial charge in [0, 0.05) is 29.2 Å². The van der Waals surface area contributed by atoms with Crippen LogP contribution in [0.4, 0.5) is 0 Å². The van der Waals surface area contributed by atoms with E-state index in [1.54, 1.807) is 24.3 Å². The molecule has 0 aliphatic carbocycles. The van der Waals surface area contributed by atoms with Crippen molar-refractivity contribution in [1.29, 1.82) is 0 Å². The topological polar surface area (TPSA) is 159 Å². The highest BCUT2D eigenvalue weighted by Gasteiger charge is 2.46. The summed E-state index contributed by atoms with van der Waals surface area (Å²) in [5, 5.41) is 6.72. The Kier molecular flexibility index (Phi) is 11.3. The maximum Gasteiger partial charge on any atom is 0.261 e. The molecule has 1 heterocycles. The van der Waals surface area contributed by atoms with Gasteiger partial charge in [0.1, 0.15) is 12.3 Å². The van der Waals surface area contributed by atoms with Crippen molar-refractivity contribution >= 4 is 41.8 Å². The minimum absolute atomic E-state index is 0.0156. The number of amides is 4. The van der Waals surface area contributed by atoms with Gasteiger partial charge in [0.25, 0.3) is 11.8 Å². The van der Waals surface area contributed by atoms with Gasteiger partial charge >= 0.3 is 0 Å². The van der Waals surface area contributed by atoms with Gasteiger partial charge in [0.05, 0.1) is 5.92 Å². The average Bonchev–Trinajstić information content (AvgIpc) is 2.94. The molecule has 1 aliphatic heterocycles. The van der Waals surface area contributed by atoms with E-state index in [9.17, 15) is 28.6 Å². The van der Waals surface area contributed by atoms with Crippen LogP contribution in [0.1, 0.15) is 87.4 Å². The summed E-state index contributed by atoms with van der Waals surface area (Å²) in [6.07, 6.45) is 1.75. The molecule has 3 unspecified atom stereocenters. The molecule has 1 aliphatic rings. The largest absolute Gasteiger partial charge is 0.357 e. The monoisotopic (exact) mass is 614 g/mol. The fourth-order valence-corrected chi connectivity index (χ4v) is 8.17. The molecule has 11 heteroatoms. The van der Waals surface area contributed by atoms with Gasteiger partial charge in [-0.3, -0.25) is 28.6 Å². The third-order valence-corrected chi connectivity index (χ3v) is 10.5. The van der Waals surface area contributed by atoms with E-state index in [1.807, 2.05) is 46.8 Å². The number of nitrogens with one attached hydrogen (secondary N) is 2. The van der Waals surface area contributed by atoms with Crippen LogP contribution in [-0.4, -0.2) is 65.0 Å². The van der Waals surface area contributed by atoms with Crippen LogP contribution in [-0.2, 0) is 14.2 Å². The van der Waals surface area contributed by atoms with Gasteiger partial charge in [-0.05, 0) is 54.7 Å². The summed E-state index contributed by atoms with van der Waals surface area (Å²) in [5.74, 6) is -3.09. The summed E-state index contributed by atoms with van der Waals surface area (Å²) >= 11 is 0. The Balaban J connectivity index is 2.01. The van der Waals surface area contributed by atoms with Gasteiger partial charge in [-0.1, -0.05) is 71.7 Å². The molecule has 2 aromatic carbocycles. The second kappa shape index (κ2) is 14.1. The van der Waals surface area contributed by atoms with Crippen LogP contribution in [0.2, 0.25) is 0 Å². The Hall–Kier alpha value is -3.07. The quantitative estimate of drug-likeness (QED) is 0.139. The van der Waals surface area contributed by atoms with E-state index in [1.165, 1.54) is 7.05 Å². The van der Waals surface area contributed by atoms with E-state index in [0.29, 0.717) is 35.9 Å². The highest BCUT2D eigenvalue weighted by atomic mass is 31.2. The van der Waals surface area contributed by atoms with Crippen molar-refractivity contribution in [2.75, 3.05) is 19.9 Å². The van der Waals surface area contributed by atoms with Crippen molar-refractivity contribution in [2.24, 2.45) is 23.0 Å². The molecule has 0 bridgehead atoms. The van der Waals surface area contributed by atoms with Gasteiger partial charge in [-0.25, -0.2) is 0 Å². The highest BCUT2D eigenvalue weighted by Crippen LogP contribution is 2.54. The summed E-state index contributed by atoms with van der Waals surface area (Å²) in [4.78, 5) is 66.5. The number of nitrogens with two attached hydrogens (primary N) is 1. The fourth-order valence-electron chi connectivity index (χ4n) is 5.89. The first-order valence-electron chi connectivity index (χ1n) is 15.1. The zero-order valence-electron chi connectivity index (χ0n) is 26.2. The second-order valence-corrected chi connectivity index (χ2v) is 15.5. The molecule has 10 nitrogen and oxygen atoms in total. The molecule has 3 rings (SSSR count). The van der Waals surface area contributed by atoms with E-state index in [0.717, 1.165) is 16.7 Å². The molecule has 43 heavy (non-hydrogen) atoms. The Bertz CT molecular complexity index is 1350. The molecule has 0 spiro atoms. The van der Waals surface area contributed by atoms with Crippen LogP contribution >= 0.6 is 7.37 Å². The lowest BCUT2D eigenvalue weighted by molar-refractivity contribution is -0.133. The molecule has 4 amide bonds. The van der Waals surface area contributed by atoms with Crippen LogP contribution in [0.5, 0.6) is 0 Å². The van der Waals surface area contributed by atoms with Crippen LogP contribution < -0.4 is 16.4 Å². The molecule has 2 aromatic rings. The number of likely N-dealkylation sites (N-methyl/N-ethyl adjacent to an activating group) is 1. The number of carbonyl (C=O) groups is 4. The van der Waals surface area contributed by atoms with Gasteiger partial charge in [-0.15, -0.1) is 0 Å². The normalized spacial score (nSPS) is 17.0. The fraction of sp³-hybridized carbons (Fsp3) is 0.562. The van der Waals surface area contributed by atoms with Crippen LogP contribution in [0.25, 0.3) is 10.8 Å².